The molecule has 0 aromatic heterocycles. The van der Waals surface area contributed by atoms with Crippen molar-refractivity contribution >= 4 is 76.6 Å². The lowest BCUT2D eigenvalue weighted by Gasteiger charge is -2.48. The average molecular weight is 768 g/mol. The lowest BCUT2D eigenvalue weighted by atomic mass is 9.96. The van der Waals surface area contributed by atoms with Crippen LogP contribution < -0.4 is 0 Å². The molecule has 0 saturated carbocycles. The first kappa shape index (κ1) is 42.2. The minimum absolute atomic E-state index is 0.551. The van der Waals surface area contributed by atoms with Crippen molar-refractivity contribution in [3.63, 3.8) is 0 Å². The highest BCUT2D eigenvalue weighted by Gasteiger charge is 2.58. The first-order chi connectivity index (χ1) is 22.7. The smallest absolute Gasteiger partial charge is 0.303 e. The molecule has 2 saturated heterocycles. The van der Waals surface area contributed by atoms with Crippen molar-refractivity contribution in [3.8, 4) is 0 Å². The molecule has 278 valence electrons. The van der Waals surface area contributed by atoms with E-state index in [4.69, 9.17) is 86.9 Å². The Labute approximate surface area is 295 Å². The van der Waals surface area contributed by atoms with Gasteiger partial charge in [-0.1, -0.05) is 34.8 Å². The Morgan fingerprint density at radius 2 is 0.837 bits per heavy atom. The summed E-state index contributed by atoms with van der Waals surface area (Å²) in [6.07, 6.45) is -16.2. The van der Waals surface area contributed by atoms with Gasteiger partial charge >= 0.3 is 41.8 Å². The SMILES string of the molecule is CC(=O)OC[C@H]1O[C@@H](O[C@H]2[C@H](OCC(Cl)(Cl)Cl)O[C@H](COC(C)=O)[C@@H](OC(C)=O)[C@@H]2OC(C)=O)[C@H](OC(C)=O)[C@@H](OC(C)=O)[C@@H]1OC(C)=O. The molecule has 0 amide bonds. The fourth-order valence-corrected chi connectivity index (χ4v) is 4.97. The summed E-state index contributed by atoms with van der Waals surface area (Å²) >= 11 is 17.7. The molecule has 10 atom stereocenters. The Kier molecular flexibility index (Phi) is 16.2. The zero-order valence-electron chi connectivity index (χ0n) is 27.4. The minimum Gasteiger partial charge on any atom is -0.463 e. The van der Waals surface area contributed by atoms with Gasteiger partial charge < -0.3 is 52.1 Å². The summed E-state index contributed by atoms with van der Waals surface area (Å²) in [6, 6.07) is 0. The molecule has 18 nitrogen and oxygen atoms in total. The summed E-state index contributed by atoms with van der Waals surface area (Å²) in [6.45, 7) is 5.47. The molecule has 2 heterocycles. The number of rotatable bonds is 13. The molecule has 0 aromatic carbocycles. The first-order valence-electron chi connectivity index (χ1n) is 14.5. The molecule has 2 aliphatic rings. The van der Waals surface area contributed by atoms with Crippen LogP contribution in [0.15, 0.2) is 0 Å². The van der Waals surface area contributed by atoms with Crippen LogP contribution in [0.25, 0.3) is 0 Å². The number of halogens is 3. The number of esters is 7. The molecule has 0 radical (unpaired) electrons. The second-order valence-corrected chi connectivity index (χ2v) is 13.1. The van der Waals surface area contributed by atoms with Crippen molar-refractivity contribution in [1.82, 2.24) is 0 Å². The van der Waals surface area contributed by atoms with Crippen LogP contribution in [-0.4, -0.2) is 127 Å². The standard InChI is InChI=1S/C28H37Cl3O18/c1-11(32)39-8-18-20(42-13(3)34)22(44-15(5)36)24(26(47-18)41-10-28(29,30)31)49-27-25(46-17(7)38)23(45-16(6)37)21(43-14(4)35)19(48-27)9-40-12(2)33/h18-27H,8-10H2,1-7H3/t18-,19-,20-,21-,22+,23+,24-,25-,26-,27+/m1/s1. The molecule has 21 heteroatoms. The number of ether oxygens (including phenoxy) is 11. The third-order valence-corrected chi connectivity index (χ3v) is 6.62. The van der Waals surface area contributed by atoms with Crippen LogP contribution in [0.3, 0.4) is 0 Å². The van der Waals surface area contributed by atoms with Gasteiger partial charge in [-0.15, -0.1) is 0 Å². The fraction of sp³-hybridized carbons (Fsp3) is 0.750. The van der Waals surface area contributed by atoms with Gasteiger partial charge in [0, 0.05) is 48.5 Å². The molecule has 49 heavy (non-hydrogen) atoms. The predicted octanol–water partition coefficient (Wildman–Crippen LogP) is 0.993. The molecule has 2 fully saturated rings. The number of carbonyl (C=O) groups is 7. The van der Waals surface area contributed by atoms with Crippen LogP contribution in [0.2, 0.25) is 0 Å². The van der Waals surface area contributed by atoms with Crippen LogP contribution in [-0.2, 0) is 85.7 Å². The van der Waals surface area contributed by atoms with E-state index in [-0.39, 0.29) is 0 Å². The molecule has 0 unspecified atom stereocenters. The maximum atomic E-state index is 12.4. The van der Waals surface area contributed by atoms with Crippen molar-refractivity contribution in [2.45, 2.75) is 114 Å². The Morgan fingerprint density at radius 1 is 0.490 bits per heavy atom. The van der Waals surface area contributed by atoms with E-state index in [1.54, 1.807) is 0 Å². The zero-order chi connectivity index (χ0) is 37.2. The highest BCUT2D eigenvalue weighted by atomic mass is 35.6. The highest BCUT2D eigenvalue weighted by molar-refractivity contribution is 6.67. The number of hydrogen-bond acceptors (Lipinski definition) is 18. The van der Waals surface area contributed by atoms with Gasteiger partial charge in [0.05, 0.1) is 6.61 Å². The van der Waals surface area contributed by atoms with Crippen LogP contribution in [0.4, 0.5) is 0 Å². The molecular formula is C28H37Cl3O18. The first-order valence-corrected chi connectivity index (χ1v) is 15.6. The maximum Gasteiger partial charge on any atom is 0.303 e. The van der Waals surface area contributed by atoms with Gasteiger partial charge in [0.25, 0.3) is 0 Å². The number of carbonyl (C=O) groups excluding carboxylic acids is 7. The lowest BCUT2D eigenvalue weighted by Crippen LogP contribution is -2.67. The third-order valence-electron chi connectivity index (χ3n) is 6.30. The molecule has 2 rings (SSSR count). The van der Waals surface area contributed by atoms with Crippen molar-refractivity contribution in [2.24, 2.45) is 0 Å². The Bertz CT molecular complexity index is 1220. The van der Waals surface area contributed by atoms with Crippen LogP contribution in [0.5, 0.6) is 0 Å². The number of hydrogen-bond donors (Lipinski definition) is 0. The predicted molar refractivity (Wildman–Crippen MR) is 159 cm³/mol. The van der Waals surface area contributed by atoms with Crippen molar-refractivity contribution in [1.29, 1.82) is 0 Å². The molecule has 0 aliphatic carbocycles. The normalized spacial score (nSPS) is 29.8. The minimum atomic E-state index is -2.04. The van der Waals surface area contributed by atoms with E-state index >= 15 is 0 Å². The van der Waals surface area contributed by atoms with Gasteiger partial charge in [-0.05, 0) is 0 Å². The van der Waals surface area contributed by atoms with Gasteiger partial charge in [-0.2, -0.15) is 0 Å². The summed E-state index contributed by atoms with van der Waals surface area (Å²) in [5, 5.41) is 0. The average Bonchev–Trinajstić information content (AvgIpc) is 2.93. The van der Waals surface area contributed by atoms with E-state index in [2.05, 4.69) is 0 Å². The van der Waals surface area contributed by atoms with Crippen molar-refractivity contribution in [2.75, 3.05) is 19.8 Å². The third kappa shape index (κ3) is 14.0. The molecule has 0 spiro atoms. The fourth-order valence-electron chi connectivity index (χ4n) is 4.78. The summed E-state index contributed by atoms with van der Waals surface area (Å²) < 4.78 is 59.0. The molecule has 0 bridgehead atoms. The van der Waals surface area contributed by atoms with Gasteiger partial charge in [-0.3, -0.25) is 33.6 Å². The Hall–Kier alpha value is -3.00. The maximum absolute atomic E-state index is 12.4. The largest absolute Gasteiger partial charge is 0.463 e. The van der Waals surface area contributed by atoms with Crippen LogP contribution in [0, 0.1) is 0 Å². The summed E-state index contributed by atoms with van der Waals surface area (Å²) in [7, 11) is 0. The van der Waals surface area contributed by atoms with E-state index in [1.165, 1.54) is 0 Å². The molecule has 0 aromatic rings. The van der Waals surface area contributed by atoms with E-state index in [0.29, 0.717) is 0 Å². The highest BCUT2D eigenvalue weighted by Crippen LogP contribution is 2.36. The van der Waals surface area contributed by atoms with Gasteiger partial charge in [0.2, 0.25) is 3.79 Å². The second-order valence-electron chi connectivity index (χ2n) is 10.6. The number of alkyl halides is 3. The van der Waals surface area contributed by atoms with Crippen LogP contribution >= 0.6 is 34.8 Å². The quantitative estimate of drug-likeness (QED) is 0.145. The summed E-state index contributed by atoms with van der Waals surface area (Å²) in [4.78, 5) is 84.7. The van der Waals surface area contributed by atoms with Crippen molar-refractivity contribution in [3.05, 3.63) is 0 Å². The van der Waals surface area contributed by atoms with Gasteiger partial charge in [0.15, 0.2) is 49.2 Å². The Morgan fingerprint density at radius 3 is 1.20 bits per heavy atom. The van der Waals surface area contributed by atoms with Gasteiger partial charge in [0.1, 0.15) is 25.4 Å². The lowest BCUT2D eigenvalue weighted by molar-refractivity contribution is -0.368. The summed E-state index contributed by atoms with van der Waals surface area (Å²) in [5.41, 5.74) is 0. The van der Waals surface area contributed by atoms with Crippen molar-refractivity contribution < 1.29 is 85.7 Å². The van der Waals surface area contributed by atoms with E-state index < -0.39 is 127 Å². The van der Waals surface area contributed by atoms with E-state index in [1.807, 2.05) is 0 Å². The molecular weight excluding hydrogens is 731 g/mol. The zero-order valence-corrected chi connectivity index (χ0v) is 29.6. The summed E-state index contributed by atoms with van der Waals surface area (Å²) in [5.74, 6) is -6.07. The Balaban J connectivity index is 2.74. The molecule has 0 N–H and O–H groups in total. The van der Waals surface area contributed by atoms with E-state index in [9.17, 15) is 33.6 Å². The van der Waals surface area contributed by atoms with Crippen LogP contribution in [0.1, 0.15) is 48.5 Å². The monoisotopic (exact) mass is 766 g/mol. The second kappa shape index (κ2) is 18.8. The van der Waals surface area contributed by atoms with E-state index in [0.717, 1.165) is 48.5 Å². The molecule has 2 aliphatic heterocycles. The topological polar surface area (TPSA) is 221 Å². The van der Waals surface area contributed by atoms with Gasteiger partial charge in [-0.25, -0.2) is 0 Å².